The van der Waals surface area contributed by atoms with Crippen molar-refractivity contribution in [1.29, 1.82) is 0 Å². The van der Waals surface area contributed by atoms with Gasteiger partial charge in [0.15, 0.2) is 5.17 Å². The summed E-state index contributed by atoms with van der Waals surface area (Å²) in [6.07, 6.45) is -4.28. The Morgan fingerprint density at radius 1 is 1.26 bits per heavy atom. The standard InChI is InChI=1S/C13H15F3N2S/c1-12(2)8-19-11(18-12)17-7-9-3-5-10(6-4-9)13(14,15)16/h3-6H,7-8H2,1-2H3,(H,17,18). The van der Waals surface area contributed by atoms with Gasteiger partial charge in [0.1, 0.15) is 0 Å². The smallest absolute Gasteiger partial charge is 0.359 e. The lowest BCUT2D eigenvalue weighted by Crippen LogP contribution is -2.36. The van der Waals surface area contributed by atoms with Crippen molar-refractivity contribution >= 4 is 16.9 Å². The summed E-state index contributed by atoms with van der Waals surface area (Å²) < 4.78 is 37.2. The average molecular weight is 288 g/mol. The zero-order valence-electron chi connectivity index (χ0n) is 10.7. The van der Waals surface area contributed by atoms with E-state index in [2.05, 4.69) is 24.2 Å². The van der Waals surface area contributed by atoms with Crippen molar-refractivity contribution in [3.8, 4) is 0 Å². The number of thioether (sulfide) groups is 1. The summed E-state index contributed by atoms with van der Waals surface area (Å²) in [6.45, 7) is 4.56. The molecule has 0 bridgehead atoms. The third-order valence-corrected chi connectivity index (χ3v) is 4.07. The molecule has 1 heterocycles. The Kier molecular flexibility index (Phi) is 3.80. The third kappa shape index (κ3) is 3.89. The number of nitrogens with one attached hydrogen (secondary N) is 1. The molecule has 1 N–H and O–H groups in total. The molecule has 1 aliphatic heterocycles. The zero-order valence-corrected chi connectivity index (χ0v) is 11.5. The molecule has 1 aromatic carbocycles. The Hall–Kier alpha value is -1.17. The van der Waals surface area contributed by atoms with Gasteiger partial charge in [-0.3, -0.25) is 4.99 Å². The first-order valence-corrected chi connectivity index (χ1v) is 6.86. The number of alkyl halides is 3. The van der Waals surface area contributed by atoms with Gasteiger partial charge in [0, 0.05) is 11.3 Å². The number of benzene rings is 1. The fourth-order valence-electron chi connectivity index (χ4n) is 1.66. The molecule has 0 spiro atoms. The highest BCUT2D eigenvalue weighted by atomic mass is 32.2. The van der Waals surface area contributed by atoms with E-state index in [1.54, 1.807) is 11.8 Å². The Morgan fingerprint density at radius 2 is 1.89 bits per heavy atom. The maximum absolute atomic E-state index is 12.4. The predicted octanol–water partition coefficient (Wildman–Crippen LogP) is 3.68. The molecule has 0 aliphatic carbocycles. The molecule has 1 aliphatic rings. The molecular formula is C13H15F3N2S. The van der Waals surface area contributed by atoms with E-state index < -0.39 is 11.7 Å². The van der Waals surface area contributed by atoms with Crippen LogP contribution >= 0.6 is 11.8 Å². The molecule has 1 aromatic rings. The van der Waals surface area contributed by atoms with Crippen LogP contribution in [0.5, 0.6) is 0 Å². The van der Waals surface area contributed by atoms with Crippen molar-refractivity contribution in [2.45, 2.75) is 32.1 Å². The van der Waals surface area contributed by atoms with Gasteiger partial charge in [0.25, 0.3) is 0 Å². The SMILES string of the molecule is CC1(C)CSC(=NCc2ccc(C(F)(F)F)cc2)N1. The quantitative estimate of drug-likeness (QED) is 0.898. The second-order valence-electron chi connectivity index (χ2n) is 5.11. The summed E-state index contributed by atoms with van der Waals surface area (Å²) in [4.78, 5) is 4.37. The fraction of sp³-hybridized carbons (Fsp3) is 0.462. The van der Waals surface area contributed by atoms with Crippen molar-refractivity contribution in [3.05, 3.63) is 35.4 Å². The second kappa shape index (κ2) is 5.07. The highest BCUT2D eigenvalue weighted by Crippen LogP contribution is 2.29. The highest BCUT2D eigenvalue weighted by molar-refractivity contribution is 8.14. The largest absolute Gasteiger partial charge is 0.416 e. The molecule has 1 fully saturated rings. The van der Waals surface area contributed by atoms with Crippen molar-refractivity contribution in [2.75, 3.05) is 5.75 Å². The summed E-state index contributed by atoms with van der Waals surface area (Å²) in [6, 6.07) is 5.12. The van der Waals surface area contributed by atoms with Gasteiger partial charge in [0.2, 0.25) is 0 Å². The molecule has 1 saturated heterocycles. The van der Waals surface area contributed by atoms with Crippen LogP contribution in [0.1, 0.15) is 25.0 Å². The van der Waals surface area contributed by atoms with Crippen LogP contribution in [-0.2, 0) is 12.7 Å². The molecule has 0 amide bonds. The number of aliphatic imine (C=N–C) groups is 1. The first-order valence-electron chi connectivity index (χ1n) is 5.88. The number of halogens is 3. The molecule has 19 heavy (non-hydrogen) atoms. The molecule has 6 heteroatoms. The van der Waals surface area contributed by atoms with E-state index in [1.807, 2.05) is 0 Å². The average Bonchev–Trinajstić information content (AvgIpc) is 2.66. The zero-order chi connectivity index (χ0) is 14.1. The third-order valence-electron chi connectivity index (χ3n) is 2.70. The van der Waals surface area contributed by atoms with Gasteiger partial charge < -0.3 is 5.32 Å². The van der Waals surface area contributed by atoms with Crippen LogP contribution in [0.2, 0.25) is 0 Å². The van der Waals surface area contributed by atoms with Gasteiger partial charge in [-0.05, 0) is 31.5 Å². The number of hydrogen-bond donors (Lipinski definition) is 1. The maximum atomic E-state index is 12.4. The predicted molar refractivity (Wildman–Crippen MR) is 72.3 cm³/mol. The van der Waals surface area contributed by atoms with E-state index in [0.717, 1.165) is 28.6 Å². The number of amidine groups is 1. The number of hydrogen-bond acceptors (Lipinski definition) is 2. The van der Waals surface area contributed by atoms with Crippen LogP contribution in [0.25, 0.3) is 0 Å². The Bertz CT molecular complexity index is 478. The first-order chi connectivity index (χ1) is 8.76. The van der Waals surface area contributed by atoms with Gasteiger partial charge in [-0.15, -0.1) is 0 Å². The Labute approximate surface area is 114 Å². The van der Waals surface area contributed by atoms with E-state index in [4.69, 9.17) is 0 Å². The van der Waals surface area contributed by atoms with Gasteiger partial charge in [0.05, 0.1) is 12.1 Å². The molecule has 0 saturated carbocycles. The van der Waals surface area contributed by atoms with Crippen molar-refractivity contribution in [2.24, 2.45) is 4.99 Å². The van der Waals surface area contributed by atoms with E-state index in [-0.39, 0.29) is 5.54 Å². The van der Waals surface area contributed by atoms with Crippen LogP contribution in [0.4, 0.5) is 13.2 Å². The Balaban J connectivity index is 1.99. The maximum Gasteiger partial charge on any atom is 0.416 e. The van der Waals surface area contributed by atoms with Crippen LogP contribution in [0.15, 0.2) is 29.3 Å². The minimum atomic E-state index is -4.28. The van der Waals surface area contributed by atoms with Gasteiger partial charge >= 0.3 is 6.18 Å². The van der Waals surface area contributed by atoms with Crippen LogP contribution in [0, 0.1) is 0 Å². The summed E-state index contributed by atoms with van der Waals surface area (Å²) in [5.74, 6) is 0.943. The normalized spacial score (nSPS) is 20.6. The van der Waals surface area contributed by atoms with Gasteiger partial charge in [-0.2, -0.15) is 13.2 Å². The van der Waals surface area contributed by atoms with E-state index in [9.17, 15) is 13.2 Å². The van der Waals surface area contributed by atoms with Crippen molar-refractivity contribution in [1.82, 2.24) is 5.32 Å². The topological polar surface area (TPSA) is 24.4 Å². The first kappa shape index (κ1) is 14.2. The number of nitrogens with zero attached hydrogens (tertiary/aromatic N) is 1. The summed E-state index contributed by atoms with van der Waals surface area (Å²) in [5, 5.41) is 4.12. The fourth-order valence-corrected chi connectivity index (χ4v) is 2.73. The lowest BCUT2D eigenvalue weighted by molar-refractivity contribution is -0.137. The highest BCUT2D eigenvalue weighted by Gasteiger charge is 2.30. The molecule has 2 nitrogen and oxygen atoms in total. The number of rotatable bonds is 2. The molecule has 0 radical (unpaired) electrons. The van der Waals surface area contributed by atoms with Crippen LogP contribution < -0.4 is 5.32 Å². The van der Waals surface area contributed by atoms with Gasteiger partial charge in [-0.25, -0.2) is 0 Å². The summed E-state index contributed by atoms with van der Waals surface area (Å²) in [7, 11) is 0. The van der Waals surface area contributed by atoms with E-state index in [1.165, 1.54) is 12.1 Å². The minimum absolute atomic E-state index is 0.0314. The molecule has 0 unspecified atom stereocenters. The Morgan fingerprint density at radius 3 is 2.37 bits per heavy atom. The second-order valence-corrected chi connectivity index (χ2v) is 6.08. The molecule has 0 aromatic heterocycles. The van der Waals surface area contributed by atoms with Gasteiger partial charge in [-0.1, -0.05) is 23.9 Å². The molecule has 2 rings (SSSR count). The van der Waals surface area contributed by atoms with E-state index >= 15 is 0 Å². The van der Waals surface area contributed by atoms with Crippen LogP contribution in [-0.4, -0.2) is 16.5 Å². The van der Waals surface area contributed by atoms with Crippen molar-refractivity contribution in [3.63, 3.8) is 0 Å². The lowest BCUT2D eigenvalue weighted by atomic mass is 10.1. The van der Waals surface area contributed by atoms with Crippen molar-refractivity contribution < 1.29 is 13.2 Å². The summed E-state index contributed by atoms with van der Waals surface area (Å²) in [5.41, 5.74) is 0.176. The minimum Gasteiger partial charge on any atom is -0.359 e. The molecule has 0 atom stereocenters. The monoisotopic (exact) mass is 288 g/mol. The summed E-state index contributed by atoms with van der Waals surface area (Å²) >= 11 is 1.63. The lowest BCUT2D eigenvalue weighted by Gasteiger charge is -2.15. The molecule has 104 valence electrons. The van der Waals surface area contributed by atoms with E-state index in [0.29, 0.717) is 6.54 Å². The molecular weight excluding hydrogens is 273 g/mol. The van der Waals surface area contributed by atoms with Crippen LogP contribution in [0.3, 0.4) is 0 Å².